The molecule has 2 aromatic carbocycles. The third-order valence-electron chi connectivity index (χ3n) is 3.61. The van der Waals surface area contributed by atoms with Gasteiger partial charge in [0.15, 0.2) is 0 Å². The number of terminal acetylenes is 1. The first-order chi connectivity index (χ1) is 11.8. The summed E-state index contributed by atoms with van der Waals surface area (Å²) in [6, 6.07) is 16.3. The zero-order chi connectivity index (χ0) is 18.6. The quantitative estimate of drug-likeness (QED) is 0.633. The van der Waals surface area contributed by atoms with Gasteiger partial charge in [-0.05, 0) is 57.9 Å². The number of hydrogen-bond acceptors (Lipinski definition) is 3. The molecule has 0 aliphatic heterocycles. The lowest BCUT2D eigenvalue weighted by molar-refractivity contribution is -0.124. The van der Waals surface area contributed by atoms with Crippen molar-refractivity contribution in [3.05, 3.63) is 65.7 Å². The van der Waals surface area contributed by atoms with Crippen molar-refractivity contribution in [1.29, 1.82) is 0 Å². The Bertz CT molecular complexity index is 814. The molecule has 128 valence electrons. The molecule has 0 radical (unpaired) electrons. The summed E-state index contributed by atoms with van der Waals surface area (Å²) >= 11 is 0. The van der Waals surface area contributed by atoms with Crippen molar-refractivity contribution in [2.75, 3.05) is 5.01 Å². The molecule has 0 atom stereocenters. The number of benzene rings is 2. The van der Waals surface area contributed by atoms with Crippen LogP contribution in [0.15, 0.2) is 54.6 Å². The van der Waals surface area contributed by atoms with E-state index < -0.39 is 17.4 Å². The van der Waals surface area contributed by atoms with E-state index in [2.05, 4.69) is 5.92 Å². The van der Waals surface area contributed by atoms with Crippen molar-refractivity contribution >= 4 is 17.5 Å². The SMILES string of the molecule is C#CC(=O)N(C(=O)c1cccc(C)c1)N(c1ccccc1)C(C)(C)C. The van der Waals surface area contributed by atoms with Crippen molar-refractivity contribution in [2.45, 2.75) is 33.2 Å². The first kappa shape index (κ1) is 18.3. The molecule has 0 saturated carbocycles. The van der Waals surface area contributed by atoms with E-state index in [1.807, 2.05) is 64.1 Å². The van der Waals surface area contributed by atoms with Crippen LogP contribution in [0.5, 0.6) is 0 Å². The van der Waals surface area contributed by atoms with Crippen LogP contribution in [0, 0.1) is 19.3 Å². The minimum absolute atomic E-state index is 0.411. The summed E-state index contributed by atoms with van der Waals surface area (Å²) in [7, 11) is 0. The Morgan fingerprint density at radius 3 is 2.16 bits per heavy atom. The van der Waals surface area contributed by atoms with Crippen molar-refractivity contribution in [1.82, 2.24) is 5.01 Å². The van der Waals surface area contributed by atoms with E-state index in [0.29, 0.717) is 11.3 Å². The lowest BCUT2D eigenvalue weighted by Gasteiger charge is -2.43. The van der Waals surface area contributed by atoms with E-state index in [1.54, 1.807) is 23.2 Å². The van der Waals surface area contributed by atoms with Crippen LogP contribution in [-0.2, 0) is 4.79 Å². The Labute approximate surface area is 149 Å². The van der Waals surface area contributed by atoms with E-state index in [1.165, 1.54) is 0 Å². The van der Waals surface area contributed by atoms with Crippen LogP contribution in [0.2, 0.25) is 0 Å². The maximum absolute atomic E-state index is 13.1. The van der Waals surface area contributed by atoms with Crippen LogP contribution in [0.1, 0.15) is 36.7 Å². The smallest absolute Gasteiger partial charge is 0.270 e. The maximum atomic E-state index is 13.1. The van der Waals surface area contributed by atoms with Crippen molar-refractivity contribution in [3.63, 3.8) is 0 Å². The first-order valence-corrected chi connectivity index (χ1v) is 8.02. The number of imide groups is 1. The molecule has 2 rings (SSSR count). The second kappa shape index (κ2) is 7.23. The first-order valence-electron chi connectivity index (χ1n) is 8.02. The molecular weight excluding hydrogens is 312 g/mol. The third kappa shape index (κ3) is 4.07. The number of carbonyl (C=O) groups is 2. The van der Waals surface area contributed by atoms with Crippen LogP contribution in [-0.4, -0.2) is 22.4 Å². The van der Waals surface area contributed by atoms with Crippen LogP contribution in [0.3, 0.4) is 0 Å². The summed E-state index contributed by atoms with van der Waals surface area (Å²) in [6.07, 6.45) is 5.36. The van der Waals surface area contributed by atoms with E-state index in [4.69, 9.17) is 6.42 Å². The number of hydrogen-bond donors (Lipinski definition) is 0. The van der Waals surface area contributed by atoms with E-state index in [9.17, 15) is 9.59 Å². The van der Waals surface area contributed by atoms with Gasteiger partial charge in [-0.2, -0.15) is 5.01 Å². The van der Waals surface area contributed by atoms with Crippen LogP contribution >= 0.6 is 0 Å². The van der Waals surface area contributed by atoms with Crippen LogP contribution in [0.25, 0.3) is 0 Å². The molecule has 0 heterocycles. The molecule has 0 aromatic heterocycles. The van der Waals surface area contributed by atoms with E-state index in [-0.39, 0.29) is 0 Å². The number of amides is 2. The highest BCUT2D eigenvalue weighted by Crippen LogP contribution is 2.27. The molecule has 2 aromatic rings. The lowest BCUT2D eigenvalue weighted by Crippen LogP contribution is -2.58. The fraction of sp³-hybridized carbons (Fsp3) is 0.238. The molecule has 25 heavy (non-hydrogen) atoms. The molecule has 0 fully saturated rings. The summed E-state index contributed by atoms with van der Waals surface area (Å²) in [5.74, 6) is 0.920. The topological polar surface area (TPSA) is 40.6 Å². The standard InChI is InChI=1S/C21H22N2O2/c1-6-19(24)22(20(25)17-12-10-11-16(2)15-17)23(21(3,4)5)18-13-8-7-9-14-18/h1,7-15H,2-5H3. The molecule has 0 unspecified atom stereocenters. The van der Waals surface area contributed by atoms with Crippen LogP contribution in [0.4, 0.5) is 5.69 Å². The highest BCUT2D eigenvalue weighted by atomic mass is 16.2. The number of hydrazine groups is 1. The van der Waals surface area contributed by atoms with Gasteiger partial charge in [-0.3, -0.25) is 14.6 Å². The lowest BCUT2D eigenvalue weighted by atomic mass is 10.1. The average molecular weight is 334 g/mol. The summed E-state index contributed by atoms with van der Waals surface area (Å²) in [6.45, 7) is 7.64. The molecular formula is C21H22N2O2. The fourth-order valence-electron chi connectivity index (χ4n) is 2.61. The molecule has 0 aliphatic carbocycles. The van der Waals surface area contributed by atoms with Gasteiger partial charge in [0.05, 0.1) is 11.2 Å². The third-order valence-corrected chi connectivity index (χ3v) is 3.61. The van der Waals surface area contributed by atoms with Gasteiger partial charge in [0, 0.05) is 5.56 Å². The van der Waals surface area contributed by atoms with Crippen molar-refractivity contribution in [3.8, 4) is 12.3 Å². The highest BCUT2D eigenvalue weighted by molar-refractivity contribution is 6.11. The van der Waals surface area contributed by atoms with Crippen molar-refractivity contribution in [2.24, 2.45) is 0 Å². The van der Waals surface area contributed by atoms with Gasteiger partial charge in [-0.25, -0.2) is 0 Å². The summed E-state index contributed by atoms with van der Waals surface area (Å²) < 4.78 is 0. The Morgan fingerprint density at radius 2 is 1.64 bits per heavy atom. The van der Waals surface area contributed by atoms with Gasteiger partial charge in [0.2, 0.25) is 0 Å². The average Bonchev–Trinajstić information content (AvgIpc) is 2.58. The van der Waals surface area contributed by atoms with Gasteiger partial charge in [-0.15, -0.1) is 6.42 Å². The largest absolute Gasteiger partial charge is 0.324 e. The van der Waals surface area contributed by atoms with Gasteiger partial charge in [0.25, 0.3) is 5.91 Å². The highest BCUT2D eigenvalue weighted by Gasteiger charge is 2.35. The number of para-hydroxylation sites is 1. The minimum Gasteiger partial charge on any atom is -0.270 e. The van der Waals surface area contributed by atoms with Gasteiger partial charge in [-0.1, -0.05) is 35.9 Å². The Kier molecular flexibility index (Phi) is 5.29. The molecule has 0 aliphatic rings. The predicted octanol–water partition coefficient (Wildman–Crippen LogP) is 3.82. The zero-order valence-corrected chi connectivity index (χ0v) is 15.0. The molecule has 4 nitrogen and oxygen atoms in total. The number of aryl methyl sites for hydroxylation is 1. The summed E-state index contributed by atoms with van der Waals surface area (Å²) in [5, 5.41) is 2.68. The van der Waals surface area contributed by atoms with Gasteiger partial charge >= 0.3 is 5.91 Å². The predicted molar refractivity (Wildman–Crippen MR) is 99.9 cm³/mol. The molecule has 0 spiro atoms. The van der Waals surface area contributed by atoms with Gasteiger partial charge < -0.3 is 0 Å². The fourth-order valence-corrected chi connectivity index (χ4v) is 2.61. The normalized spacial score (nSPS) is 10.7. The zero-order valence-electron chi connectivity index (χ0n) is 15.0. The summed E-state index contributed by atoms with van der Waals surface area (Å²) in [5.41, 5.74) is 1.50. The summed E-state index contributed by atoms with van der Waals surface area (Å²) in [4.78, 5) is 25.6. The number of rotatable bonds is 3. The second-order valence-corrected chi connectivity index (χ2v) is 6.75. The molecule has 2 amide bonds. The van der Waals surface area contributed by atoms with Crippen LogP contribution < -0.4 is 5.01 Å². The second-order valence-electron chi connectivity index (χ2n) is 6.75. The number of carbonyl (C=O) groups excluding carboxylic acids is 2. The number of nitrogens with zero attached hydrogens (tertiary/aromatic N) is 2. The van der Waals surface area contributed by atoms with E-state index in [0.717, 1.165) is 10.6 Å². The molecule has 0 N–H and O–H groups in total. The Hall–Kier alpha value is -3.06. The molecule has 4 heteroatoms. The Morgan fingerprint density at radius 1 is 1.00 bits per heavy atom. The Balaban J connectivity index is 2.60. The molecule has 0 bridgehead atoms. The maximum Gasteiger partial charge on any atom is 0.324 e. The number of anilines is 1. The molecule has 0 saturated heterocycles. The minimum atomic E-state index is -0.703. The van der Waals surface area contributed by atoms with E-state index >= 15 is 0 Å². The van der Waals surface area contributed by atoms with Crippen molar-refractivity contribution < 1.29 is 9.59 Å². The monoisotopic (exact) mass is 334 g/mol. The van der Waals surface area contributed by atoms with Gasteiger partial charge in [0.1, 0.15) is 0 Å².